The highest BCUT2D eigenvalue weighted by molar-refractivity contribution is 9.10. The van der Waals surface area contributed by atoms with Gasteiger partial charge in [0.1, 0.15) is 5.76 Å². The molecule has 1 saturated heterocycles. The van der Waals surface area contributed by atoms with Crippen LogP contribution in [0.15, 0.2) is 77.0 Å². The second-order valence-corrected chi connectivity index (χ2v) is 8.29. The lowest BCUT2D eigenvalue weighted by Gasteiger charge is -2.25. The first-order valence-corrected chi connectivity index (χ1v) is 10.4. The molecule has 0 bridgehead atoms. The molecule has 4 rings (SSSR count). The van der Waals surface area contributed by atoms with Crippen LogP contribution < -0.4 is 4.90 Å². The number of carbonyl (C=O) groups is 2. The summed E-state index contributed by atoms with van der Waals surface area (Å²) in [4.78, 5) is 31.4. The van der Waals surface area contributed by atoms with E-state index in [0.717, 1.165) is 4.47 Å². The summed E-state index contributed by atoms with van der Waals surface area (Å²) in [5, 5.41) is 11.6. The number of hydrogen-bond donors (Lipinski definition) is 1. The number of carbonyl (C=O) groups excluding carboxylic acids is 2. The van der Waals surface area contributed by atoms with E-state index >= 15 is 0 Å². The molecule has 1 fully saturated rings. The first kappa shape index (κ1) is 20.6. The van der Waals surface area contributed by atoms with Gasteiger partial charge >= 0.3 is 0 Å². The molecule has 1 aliphatic rings. The fourth-order valence-electron chi connectivity index (χ4n) is 3.38. The molecule has 150 valence electrons. The minimum absolute atomic E-state index is 0.0374. The van der Waals surface area contributed by atoms with Crippen LogP contribution in [0.5, 0.6) is 0 Å². The number of halogens is 3. The van der Waals surface area contributed by atoms with Crippen LogP contribution in [0.4, 0.5) is 5.69 Å². The van der Waals surface area contributed by atoms with Gasteiger partial charge in [0.15, 0.2) is 0 Å². The lowest BCUT2D eigenvalue weighted by atomic mass is 9.96. The van der Waals surface area contributed by atoms with Crippen LogP contribution in [0.2, 0.25) is 10.0 Å². The van der Waals surface area contributed by atoms with E-state index < -0.39 is 17.7 Å². The summed E-state index contributed by atoms with van der Waals surface area (Å²) < 4.78 is 0.750. The Morgan fingerprint density at radius 1 is 1.00 bits per heavy atom. The highest BCUT2D eigenvalue weighted by Gasteiger charge is 2.47. The van der Waals surface area contributed by atoms with E-state index in [2.05, 4.69) is 20.9 Å². The summed E-state index contributed by atoms with van der Waals surface area (Å²) in [6, 6.07) is 14.1. The number of anilines is 1. The van der Waals surface area contributed by atoms with E-state index in [0.29, 0.717) is 16.3 Å². The predicted molar refractivity (Wildman–Crippen MR) is 120 cm³/mol. The molecule has 1 amide bonds. The van der Waals surface area contributed by atoms with Crippen LogP contribution in [0.1, 0.15) is 17.2 Å². The molecule has 1 aromatic heterocycles. The van der Waals surface area contributed by atoms with E-state index in [1.165, 1.54) is 17.0 Å². The van der Waals surface area contributed by atoms with Gasteiger partial charge in [-0.25, -0.2) is 0 Å². The Hall–Kier alpha value is -2.67. The first-order chi connectivity index (χ1) is 14.4. The topological polar surface area (TPSA) is 70.5 Å². The Bertz CT molecular complexity index is 1200. The van der Waals surface area contributed by atoms with Crippen molar-refractivity contribution < 1.29 is 14.7 Å². The van der Waals surface area contributed by atoms with Gasteiger partial charge in [0.2, 0.25) is 0 Å². The molecule has 5 nitrogen and oxygen atoms in total. The van der Waals surface area contributed by atoms with Crippen molar-refractivity contribution in [3.05, 3.63) is 98.2 Å². The van der Waals surface area contributed by atoms with E-state index in [1.807, 2.05) is 6.07 Å². The van der Waals surface area contributed by atoms with Gasteiger partial charge in [-0.3, -0.25) is 19.5 Å². The molecule has 2 heterocycles. The molecule has 8 heteroatoms. The maximum Gasteiger partial charge on any atom is 0.300 e. The molecule has 0 radical (unpaired) electrons. The highest BCUT2D eigenvalue weighted by Crippen LogP contribution is 2.42. The second-order valence-electron chi connectivity index (χ2n) is 6.56. The SMILES string of the molecule is O=C1C(=O)N(c2cccc(Br)c2)C(c2ccncc2)/C1=C(\O)c1ccc(Cl)c(Cl)c1. The van der Waals surface area contributed by atoms with E-state index in [9.17, 15) is 14.7 Å². The zero-order valence-electron chi connectivity index (χ0n) is 15.2. The lowest BCUT2D eigenvalue weighted by Crippen LogP contribution is -2.29. The standard InChI is InChI=1S/C22H13BrCl2N2O3/c23-14-2-1-3-15(11-14)27-19(12-6-8-26-9-7-12)18(21(29)22(27)30)20(28)13-4-5-16(24)17(25)10-13/h1-11,19,28H/b20-18+. The number of ketones is 1. The molecule has 0 aliphatic carbocycles. The van der Waals surface area contributed by atoms with E-state index in [4.69, 9.17) is 23.2 Å². The third-order valence-corrected chi connectivity index (χ3v) is 5.98. The molecular formula is C22H13BrCl2N2O3. The Kier molecular flexibility index (Phi) is 5.64. The maximum atomic E-state index is 13.0. The predicted octanol–water partition coefficient (Wildman–Crippen LogP) is 5.78. The molecule has 1 N–H and O–H groups in total. The number of benzene rings is 2. The number of aliphatic hydroxyl groups is 1. The quantitative estimate of drug-likeness (QED) is 0.279. The number of Topliss-reactive ketones (excluding diaryl/α,β-unsaturated/α-hetero) is 1. The molecule has 30 heavy (non-hydrogen) atoms. The van der Waals surface area contributed by atoms with Crippen LogP contribution in [-0.2, 0) is 9.59 Å². The minimum atomic E-state index is -0.836. The molecule has 1 unspecified atom stereocenters. The maximum absolute atomic E-state index is 13.0. The lowest BCUT2D eigenvalue weighted by molar-refractivity contribution is -0.132. The Morgan fingerprint density at radius 2 is 1.73 bits per heavy atom. The zero-order chi connectivity index (χ0) is 21.4. The third-order valence-electron chi connectivity index (χ3n) is 4.75. The molecule has 0 saturated carbocycles. The number of pyridine rings is 1. The minimum Gasteiger partial charge on any atom is -0.507 e. The summed E-state index contributed by atoms with van der Waals surface area (Å²) in [7, 11) is 0. The van der Waals surface area contributed by atoms with Crippen LogP contribution >= 0.6 is 39.1 Å². The monoisotopic (exact) mass is 502 g/mol. The van der Waals surface area contributed by atoms with Gasteiger partial charge in [0.25, 0.3) is 11.7 Å². The zero-order valence-corrected chi connectivity index (χ0v) is 18.3. The number of nitrogens with zero attached hydrogens (tertiary/aromatic N) is 2. The normalized spacial score (nSPS) is 18.1. The fourth-order valence-corrected chi connectivity index (χ4v) is 4.07. The summed E-state index contributed by atoms with van der Waals surface area (Å²) >= 11 is 15.4. The fraction of sp³-hybridized carbons (Fsp3) is 0.0455. The summed E-state index contributed by atoms with van der Waals surface area (Å²) in [6.07, 6.45) is 3.13. The molecule has 1 aliphatic heterocycles. The van der Waals surface area contributed by atoms with Gasteiger partial charge in [-0.1, -0.05) is 45.2 Å². The van der Waals surface area contributed by atoms with Crippen molar-refractivity contribution >= 4 is 62.3 Å². The van der Waals surface area contributed by atoms with Crippen molar-refractivity contribution in [3.8, 4) is 0 Å². The van der Waals surface area contributed by atoms with Crippen molar-refractivity contribution in [3.63, 3.8) is 0 Å². The highest BCUT2D eigenvalue weighted by atomic mass is 79.9. The van der Waals surface area contributed by atoms with Crippen molar-refractivity contribution in [1.29, 1.82) is 0 Å². The third kappa shape index (κ3) is 3.62. The van der Waals surface area contributed by atoms with Gasteiger partial charge in [-0.05, 0) is 54.1 Å². The average Bonchev–Trinajstić information content (AvgIpc) is 3.01. The summed E-state index contributed by atoms with van der Waals surface area (Å²) in [5.74, 6) is -1.86. The number of rotatable bonds is 3. The largest absolute Gasteiger partial charge is 0.507 e. The molecular weight excluding hydrogens is 491 g/mol. The van der Waals surface area contributed by atoms with Gasteiger partial charge in [-0.15, -0.1) is 0 Å². The van der Waals surface area contributed by atoms with Crippen molar-refractivity contribution in [2.45, 2.75) is 6.04 Å². The molecule has 3 aromatic rings. The number of aromatic nitrogens is 1. The second kappa shape index (κ2) is 8.22. The molecule has 0 spiro atoms. The van der Waals surface area contributed by atoms with Crippen LogP contribution in [0.3, 0.4) is 0 Å². The van der Waals surface area contributed by atoms with Gasteiger partial charge in [0.05, 0.1) is 21.7 Å². The van der Waals surface area contributed by atoms with Crippen LogP contribution in [-0.4, -0.2) is 21.8 Å². The van der Waals surface area contributed by atoms with Gasteiger partial charge in [0, 0.05) is 28.1 Å². The summed E-state index contributed by atoms with van der Waals surface area (Å²) in [6.45, 7) is 0. The van der Waals surface area contributed by atoms with Gasteiger partial charge < -0.3 is 5.11 Å². The molecule has 1 atom stereocenters. The Labute approximate surface area is 190 Å². The van der Waals surface area contributed by atoms with Crippen molar-refractivity contribution in [2.24, 2.45) is 0 Å². The average molecular weight is 504 g/mol. The van der Waals surface area contributed by atoms with Crippen molar-refractivity contribution in [2.75, 3.05) is 4.90 Å². The number of amides is 1. The molecule has 2 aromatic carbocycles. The van der Waals surface area contributed by atoms with Crippen molar-refractivity contribution in [1.82, 2.24) is 4.98 Å². The van der Waals surface area contributed by atoms with E-state index in [-0.39, 0.29) is 21.9 Å². The number of hydrogen-bond acceptors (Lipinski definition) is 4. The van der Waals surface area contributed by atoms with E-state index in [1.54, 1.807) is 48.8 Å². The summed E-state index contributed by atoms with van der Waals surface area (Å²) in [5.41, 5.74) is 1.40. The smallest absolute Gasteiger partial charge is 0.300 e. The van der Waals surface area contributed by atoms with Crippen LogP contribution in [0.25, 0.3) is 5.76 Å². The number of aliphatic hydroxyl groups excluding tert-OH is 1. The Morgan fingerprint density at radius 3 is 2.40 bits per heavy atom. The van der Waals surface area contributed by atoms with Crippen LogP contribution in [0, 0.1) is 0 Å². The van der Waals surface area contributed by atoms with Gasteiger partial charge in [-0.2, -0.15) is 0 Å². The first-order valence-electron chi connectivity index (χ1n) is 8.80. The Balaban J connectivity index is 1.95.